The molecule has 0 fully saturated rings. The van der Waals surface area contributed by atoms with Crippen LogP contribution in [0.15, 0.2) is 18.2 Å². The quantitative estimate of drug-likeness (QED) is 0.716. The Bertz CT molecular complexity index is 555. The number of aryl methyl sites for hydroxylation is 1. The van der Waals surface area contributed by atoms with Crippen LogP contribution in [-0.2, 0) is 22.4 Å². The van der Waals surface area contributed by atoms with Crippen molar-refractivity contribution >= 4 is 17.5 Å². The smallest absolute Gasteiger partial charge is 0.228 e. The van der Waals surface area contributed by atoms with Crippen LogP contribution in [0, 0.1) is 5.92 Å². The van der Waals surface area contributed by atoms with Crippen molar-refractivity contribution in [1.29, 1.82) is 0 Å². The van der Waals surface area contributed by atoms with Gasteiger partial charge in [0.1, 0.15) is 0 Å². The molecule has 0 bridgehead atoms. The van der Waals surface area contributed by atoms with Crippen molar-refractivity contribution in [2.24, 2.45) is 5.92 Å². The number of aliphatic hydroxyl groups is 1. The fraction of sp³-hybridized carbons (Fsp3) is 0.529. The maximum atomic E-state index is 11.7. The molecule has 5 nitrogen and oxygen atoms in total. The highest BCUT2D eigenvalue weighted by molar-refractivity contribution is 5.99. The van der Waals surface area contributed by atoms with Crippen LogP contribution in [0.5, 0.6) is 0 Å². The molecule has 2 amide bonds. The van der Waals surface area contributed by atoms with Crippen molar-refractivity contribution in [1.82, 2.24) is 5.32 Å². The monoisotopic (exact) mass is 304 g/mol. The summed E-state index contributed by atoms with van der Waals surface area (Å²) in [7, 11) is 0. The second-order valence-corrected chi connectivity index (χ2v) is 6.19. The van der Waals surface area contributed by atoms with Gasteiger partial charge in [-0.2, -0.15) is 0 Å². The molecule has 0 spiro atoms. The van der Waals surface area contributed by atoms with Gasteiger partial charge in [0, 0.05) is 18.7 Å². The largest absolute Gasteiger partial charge is 0.391 e. The second-order valence-electron chi connectivity index (χ2n) is 6.19. The molecule has 1 aromatic carbocycles. The van der Waals surface area contributed by atoms with Gasteiger partial charge < -0.3 is 15.7 Å². The van der Waals surface area contributed by atoms with Crippen molar-refractivity contribution in [2.75, 3.05) is 11.9 Å². The molecule has 3 N–H and O–H groups in total. The zero-order chi connectivity index (χ0) is 16.1. The van der Waals surface area contributed by atoms with Crippen LogP contribution >= 0.6 is 0 Å². The van der Waals surface area contributed by atoms with Gasteiger partial charge >= 0.3 is 0 Å². The highest BCUT2D eigenvalue weighted by atomic mass is 16.3. The molecule has 2 rings (SSSR count). The first-order chi connectivity index (χ1) is 10.5. The minimum atomic E-state index is -0.495. The number of amides is 2. The number of hydrogen-bond donors (Lipinski definition) is 3. The molecule has 0 radical (unpaired) electrons. The molecule has 120 valence electrons. The van der Waals surface area contributed by atoms with Gasteiger partial charge in [-0.05, 0) is 36.0 Å². The zero-order valence-corrected chi connectivity index (χ0v) is 13.2. The molecule has 1 aliphatic rings. The van der Waals surface area contributed by atoms with Crippen molar-refractivity contribution in [2.45, 2.75) is 45.6 Å². The minimum absolute atomic E-state index is 0.0299. The van der Waals surface area contributed by atoms with Crippen molar-refractivity contribution in [3.8, 4) is 0 Å². The summed E-state index contributed by atoms with van der Waals surface area (Å²) in [6.45, 7) is 4.15. The summed E-state index contributed by atoms with van der Waals surface area (Å²) < 4.78 is 0. The predicted octanol–water partition coefficient (Wildman–Crippen LogP) is 1.64. The second kappa shape index (κ2) is 7.40. The van der Waals surface area contributed by atoms with E-state index in [9.17, 15) is 14.7 Å². The normalized spacial score (nSPS) is 14.6. The molecule has 0 saturated heterocycles. The summed E-state index contributed by atoms with van der Waals surface area (Å²) in [6, 6.07) is 5.95. The highest BCUT2D eigenvalue weighted by Gasteiger charge is 2.17. The molecule has 22 heavy (non-hydrogen) atoms. The SMILES string of the molecule is CC(C)C(O)CNC(=O)CCCc1ccc2c(c1)CC(=O)N2. The summed E-state index contributed by atoms with van der Waals surface area (Å²) in [4.78, 5) is 23.0. The van der Waals surface area contributed by atoms with Crippen LogP contribution in [-0.4, -0.2) is 29.6 Å². The number of benzene rings is 1. The van der Waals surface area contributed by atoms with E-state index in [0.717, 1.165) is 29.7 Å². The summed E-state index contributed by atoms with van der Waals surface area (Å²) in [6.07, 6.45) is 1.95. The third-order valence-corrected chi connectivity index (χ3v) is 3.94. The van der Waals surface area contributed by atoms with Crippen molar-refractivity contribution in [3.05, 3.63) is 29.3 Å². The van der Waals surface area contributed by atoms with Crippen LogP contribution in [0.3, 0.4) is 0 Å². The summed E-state index contributed by atoms with van der Waals surface area (Å²) in [5.74, 6) is 0.149. The van der Waals surface area contributed by atoms with E-state index in [1.807, 2.05) is 32.0 Å². The van der Waals surface area contributed by atoms with Crippen LogP contribution < -0.4 is 10.6 Å². The van der Waals surface area contributed by atoms with Gasteiger partial charge in [-0.25, -0.2) is 0 Å². The summed E-state index contributed by atoms with van der Waals surface area (Å²) >= 11 is 0. The summed E-state index contributed by atoms with van der Waals surface area (Å²) in [5.41, 5.74) is 3.08. The van der Waals surface area contributed by atoms with E-state index < -0.39 is 6.10 Å². The maximum absolute atomic E-state index is 11.7. The van der Waals surface area contributed by atoms with Crippen LogP contribution in [0.4, 0.5) is 5.69 Å². The third kappa shape index (κ3) is 4.56. The van der Waals surface area contributed by atoms with Crippen LogP contribution in [0.2, 0.25) is 0 Å². The molecule has 0 saturated carbocycles. The van der Waals surface area contributed by atoms with Gasteiger partial charge in [0.15, 0.2) is 0 Å². The lowest BCUT2D eigenvalue weighted by Gasteiger charge is -2.15. The number of carbonyl (C=O) groups is 2. The number of rotatable bonds is 7. The summed E-state index contributed by atoms with van der Waals surface area (Å²) in [5, 5.41) is 15.2. The molecular formula is C17H24N2O3. The Labute approximate surface area is 131 Å². The Hall–Kier alpha value is -1.88. The molecule has 1 heterocycles. The molecule has 1 aromatic rings. The van der Waals surface area contributed by atoms with Gasteiger partial charge in [-0.1, -0.05) is 26.0 Å². The van der Waals surface area contributed by atoms with Gasteiger partial charge in [0.05, 0.1) is 12.5 Å². The van der Waals surface area contributed by atoms with E-state index in [1.54, 1.807) is 0 Å². The maximum Gasteiger partial charge on any atom is 0.228 e. The molecule has 5 heteroatoms. The average molecular weight is 304 g/mol. The van der Waals surface area contributed by atoms with E-state index >= 15 is 0 Å². The Morgan fingerprint density at radius 3 is 2.91 bits per heavy atom. The van der Waals surface area contributed by atoms with Gasteiger partial charge in [0.25, 0.3) is 0 Å². The van der Waals surface area contributed by atoms with Crippen LogP contribution in [0.1, 0.15) is 37.8 Å². The fourth-order valence-corrected chi connectivity index (χ4v) is 2.43. The number of anilines is 1. The third-order valence-electron chi connectivity index (χ3n) is 3.94. The predicted molar refractivity (Wildman–Crippen MR) is 85.6 cm³/mol. The zero-order valence-electron chi connectivity index (χ0n) is 13.2. The molecular weight excluding hydrogens is 280 g/mol. The lowest BCUT2D eigenvalue weighted by atomic mass is 10.0. The standard InChI is InChI=1S/C17H24N2O3/c1-11(2)15(20)10-18-16(21)5-3-4-12-6-7-14-13(8-12)9-17(22)19-14/h6-8,11,15,20H,3-5,9-10H2,1-2H3,(H,18,21)(H,19,22). The van der Waals surface area contributed by atoms with E-state index in [4.69, 9.17) is 0 Å². The van der Waals surface area contributed by atoms with Gasteiger partial charge in [-0.15, -0.1) is 0 Å². The van der Waals surface area contributed by atoms with E-state index in [1.165, 1.54) is 0 Å². The lowest BCUT2D eigenvalue weighted by molar-refractivity contribution is -0.121. The molecule has 0 aliphatic carbocycles. The van der Waals surface area contributed by atoms with E-state index in [2.05, 4.69) is 10.6 Å². The number of fused-ring (bicyclic) bond motifs is 1. The highest BCUT2D eigenvalue weighted by Crippen LogP contribution is 2.24. The van der Waals surface area contributed by atoms with Crippen molar-refractivity contribution < 1.29 is 14.7 Å². The Balaban J connectivity index is 1.72. The number of nitrogens with one attached hydrogen (secondary N) is 2. The molecule has 1 aliphatic heterocycles. The number of hydrogen-bond acceptors (Lipinski definition) is 3. The Morgan fingerprint density at radius 1 is 1.41 bits per heavy atom. The fourth-order valence-electron chi connectivity index (χ4n) is 2.43. The number of aliphatic hydroxyl groups excluding tert-OH is 1. The number of carbonyl (C=O) groups excluding carboxylic acids is 2. The van der Waals surface area contributed by atoms with Gasteiger partial charge in [0.2, 0.25) is 11.8 Å². The van der Waals surface area contributed by atoms with Gasteiger partial charge in [-0.3, -0.25) is 9.59 Å². The first-order valence-corrected chi connectivity index (χ1v) is 7.82. The molecule has 1 unspecified atom stereocenters. The Kier molecular flexibility index (Phi) is 5.55. The lowest BCUT2D eigenvalue weighted by Crippen LogP contribution is -2.34. The molecule has 0 aromatic heterocycles. The van der Waals surface area contributed by atoms with Crippen molar-refractivity contribution in [3.63, 3.8) is 0 Å². The molecule has 1 atom stereocenters. The average Bonchev–Trinajstić information content (AvgIpc) is 2.83. The first kappa shape index (κ1) is 16.5. The minimum Gasteiger partial charge on any atom is -0.391 e. The van der Waals surface area contributed by atoms with E-state index in [0.29, 0.717) is 19.4 Å². The first-order valence-electron chi connectivity index (χ1n) is 7.82. The topological polar surface area (TPSA) is 78.4 Å². The van der Waals surface area contributed by atoms with Crippen LogP contribution in [0.25, 0.3) is 0 Å². The Morgan fingerprint density at radius 2 is 2.18 bits per heavy atom. The van der Waals surface area contributed by atoms with E-state index in [-0.39, 0.29) is 17.7 Å².